The van der Waals surface area contributed by atoms with Crippen LogP contribution < -0.4 is 5.32 Å². The van der Waals surface area contributed by atoms with Gasteiger partial charge in [-0.3, -0.25) is 9.59 Å². The Bertz CT molecular complexity index is 714. The van der Waals surface area contributed by atoms with Gasteiger partial charge in [0.25, 0.3) is 0 Å². The highest BCUT2D eigenvalue weighted by Crippen LogP contribution is 2.23. The van der Waals surface area contributed by atoms with Crippen molar-refractivity contribution >= 4 is 22.6 Å². The largest absolute Gasteiger partial charge is 0.459 e. The molecule has 1 fully saturated rings. The lowest BCUT2D eigenvalue weighted by Crippen LogP contribution is -2.36. The zero-order chi connectivity index (χ0) is 16.8. The summed E-state index contributed by atoms with van der Waals surface area (Å²) < 4.78 is 5.32. The van der Waals surface area contributed by atoms with Gasteiger partial charge in [-0.2, -0.15) is 0 Å². The molecule has 0 saturated heterocycles. The fourth-order valence-electron chi connectivity index (χ4n) is 3.30. The third-order valence-electron chi connectivity index (χ3n) is 4.65. The molecule has 1 saturated carbocycles. The van der Waals surface area contributed by atoms with Crippen LogP contribution in [0.2, 0.25) is 0 Å². The van der Waals surface area contributed by atoms with Gasteiger partial charge < -0.3 is 10.1 Å². The van der Waals surface area contributed by atoms with Crippen molar-refractivity contribution in [3.05, 3.63) is 48.0 Å². The van der Waals surface area contributed by atoms with Crippen molar-refractivity contribution in [2.75, 3.05) is 6.54 Å². The minimum Gasteiger partial charge on any atom is -0.459 e. The second kappa shape index (κ2) is 7.95. The zero-order valence-corrected chi connectivity index (χ0v) is 13.8. The van der Waals surface area contributed by atoms with E-state index < -0.39 is 5.97 Å². The quantitative estimate of drug-likeness (QED) is 0.855. The Morgan fingerprint density at radius 2 is 1.75 bits per heavy atom. The number of fused-ring (bicyclic) bond motifs is 1. The highest BCUT2D eigenvalue weighted by molar-refractivity contribution is 5.86. The van der Waals surface area contributed by atoms with Crippen molar-refractivity contribution in [1.29, 1.82) is 0 Å². The number of ether oxygens (including phenoxy) is 1. The maximum atomic E-state index is 12.0. The number of rotatable bonds is 5. The second-order valence-electron chi connectivity index (χ2n) is 6.35. The van der Waals surface area contributed by atoms with Crippen LogP contribution in [-0.4, -0.2) is 18.4 Å². The van der Waals surface area contributed by atoms with E-state index in [1.54, 1.807) is 0 Å². The van der Waals surface area contributed by atoms with Crippen LogP contribution in [0.5, 0.6) is 0 Å². The first-order chi connectivity index (χ1) is 11.7. The van der Waals surface area contributed by atoms with Crippen LogP contribution in [0.3, 0.4) is 0 Å². The smallest absolute Gasteiger partial charge is 0.325 e. The van der Waals surface area contributed by atoms with Gasteiger partial charge in [0, 0.05) is 5.92 Å². The Morgan fingerprint density at radius 1 is 1.00 bits per heavy atom. The van der Waals surface area contributed by atoms with Crippen LogP contribution in [0.15, 0.2) is 42.5 Å². The highest BCUT2D eigenvalue weighted by Gasteiger charge is 2.21. The number of nitrogens with one attached hydrogen (secondary N) is 1. The molecule has 3 rings (SSSR count). The standard InChI is InChI=1S/C20H23NO3/c22-19(13-21-20(23)16-8-2-1-3-9-16)24-14-17-11-6-10-15-7-4-5-12-18(15)17/h4-7,10-12,16H,1-3,8-9,13-14H2,(H,21,23). The molecule has 0 bridgehead atoms. The number of amides is 1. The van der Waals surface area contributed by atoms with E-state index in [2.05, 4.69) is 5.32 Å². The maximum Gasteiger partial charge on any atom is 0.325 e. The molecule has 0 atom stereocenters. The van der Waals surface area contributed by atoms with E-state index in [-0.39, 0.29) is 25.0 Å². The third-order valence-corrected chi connectivity index (χ3v) is 4.65. The van der Waals surface area contributed by atoms with Crippen LogP contribution in [-0.2, 0) is 20.9 Å². The van der Waals surface area contributed by atoms with Crippen LogP contribution in [0.1, 0.15) is 37.7 Å². The summed E-state index contributed by atoms with van der Waals surface area (Å²) in [6.07, 6.45) is 5.26. The fourth-order valence-corrected chi connectivity index (χ4v) is 3.30. The second-order valence-corrected chi connectivity index (χ2v) is 6.35. The van der Waals surface area contributed by atoms with Gasteiger partial charge in [0.15, 0.2) is 0 Å². The Hall–Kier alpha value is -2.36. The number of hydrogen-bond donors (Lipinski definition) is 1. The molecule has 2 aromatic carbocycles. The van der Waals surface area contributed by atoms with E-state index in [0.717, 1.165) is 42.0 Å². The van der Waals surface area contributed by atoms with E-state index in [4.69, 9.17) is 4.74 Å². The van der Waals surface area contributed by atoms with Gasteiger partial charge in [-0.15, -0.1) is 0 Å². The predicted molar refractivity (Wildman–Crippen MR) is 93.3 cm³/mol. The Balaban J connectivity index is 1.49. The molecule has 4 nitrogen and oxygen atoms in total. The average molecular weight is 325 g/mol. The Labute approximate surface area is 142 Å². The summed E-state index contributed by atoms with van der Waals surface area (Å²) in [6.45, 7) is 0.166. The van der Waals surface area contributed by atoms with Gasteiger partial charge in [-0.25, -0.2) is 0 Å². The van der Waals surface area contributed by atoms with Crippen LogP contribution in [0, 0.1) is 5.92 Å². The number of hydrogen-bond acceptors (Lipinski definition) is 3. The Kier molecular flexibility index (Phi) is 5.47. The molecule has 1 N–H and O–H groups in total. The van der Waals surface area contributed by atoms with Crippen LogP contribution in [0.25, 0.3) is 10.8 Å². The summed E-state index contributed by atoms with van der Waals surface area (Å²) in [6, 6.07) is 13.9. The van der Waals surface area contributed by atoms with Gasteiger partial charge in [0.2, 0.25) is 5.91 Å². The summed E-state index contributed by atoms with van der Waals surface area (Å²) in [5, 5.41) is 4.92. The number of carbonyl (C=O) groups excluding carboxylic acids is 2. The Morgan fingerprint density at radius 3 is 2.58 bits per heavy atom. The fraction of sp³-hybridized carbons (Fsp3) is 0.400. The van der Waals surface area contributed by atoms with Gasteiger partial charge in [0.05, 0.1) is 0 Å². The molecule has 2 aromatic rings. The molecule has 24 heavy (non-hydrogen) atoms. The maximum absolute atomic E-state index is 12.0. The lowest BCUT2D eigenvalue weighted by atomic mass is 9.89. The van der Waals surface area contributed by atoms with E-state index in [0.29, 0.717) is 0 Å². The van der Waals surface area contributed by atoms with Gasteiger partial charge in [-0.1, -0.05) is 61.7 Å². The molecule has 1 aliphatic rings. The molecular weight excluding hydrogens is 302 g/mol. The molecule has 0 unspecified atom stereocenters. The van der Waals surface area contributed by atoms with E-state index in [9.17, 15) is 9.59 Å². The molecule has 0 aromatic heterocycles. The summed E-state index contributed by atoms with van der Waals surface area (Å²) >= 11 is 0. The van der Waals surface area contributed by atoms with Gasteiger partial charge in [-0.05, 0) is 29.2 Å². The minimum atomic E-state index is -0.396. The van der Waals surface area contributed by atoms with Crippen molar-refractivity contribution in [2.24, 2.45) is 5.92 Å². The van der Waals surface area contributed by atoms with Gasteiger partial charge >= 0.3 is 5.97 Å². The van der Waals surface area contributed by atoms with Crippen LogP contribution >= 0.6 is 0 Å². The van der Waals surface area contributed by atoms with Crippen LogP contribution in [0.4, 0.5) is 0 Å². The number of benzene rings is 2. The zero-order valence-electron chi connectivity index (χ0n) is 13.8. The van der Waals surface area contributed by atoms with Gasteiger partial charge in [0.1, 0.15) is 13.2 Å². The summed E-state index contributed by atoms with van der Waals surface area (Å²) in [4.78, 5) is 23.9. The molecule has 0 aliphatic heterocycles. The number of esters is 1. The molecule has 1 aliphatic carbocycles. The molecule has 126 valence electrons. The van der Waals surface area contributed by atoms with E-state index >= 15 is 0 Å². The molecule has 4 heteroatoms. The number of carbonyl (C=O) groups is 2. The first kappa shape index (κ1) is 16.5. The summed E-state index contributed by atoms with van der Waals surface area (Å²) in [5.74, 6) is -0.353. The first-order valence-corrected chi connectivity index (χ1v) is 8.64. The first-order valence-electron chi connectivity index (χ1n) is 8.64. The molecule has 0 spiro atoms. The van der Waals surface area contributed by atoms with E-state index in [1.807, 2.05) is 42.5 Å². The highest BCUT2D eigenvalue weighted by atomic mass is 16.5. The molecule has 0 heterocycles. The topological polar surface area (TPSA) is 55.4 Å². The SMILES string of the molecule is O=C(CNC(=O)C1CCCCC1)OCc1cccc2ccccc12. The van der Waals surface area contributed by atoms with Crippen molar-refractivity contribution < 1.29 is 14.3 Å². The van der Waals surface area contributed by atoms with Crippen molar-refractivity contribution in [1.82, 2.24) is 5.32 Å². The normalized spacial score (nSPS) is 15.2. The van der Waals surface area contributed by atoms with Crippen molar-refractivity contribution in [2.45, 2.75) is 38.7 Å². The van der Waals surface area contributed by atoms with Crippen molar-refractivity contribution in [3.8, 4) is 0 Å². The summed E-state index contributed by atoms with van der Waals surface area (Å²) in [5.41, 5.74) is 0.972. The minimum absolute atomic E-state index is 0.0168. The predicted octanol–water partition coefficient (Wildman–Crippen LogP) is 3.58. The lowest BCUT2D eigenvalue weighted by molar-refractivity contribution is -0.145. The lowest BCUT2D eigenvalue weighted by Gasteiger charge is -2.20. The average Bonchev–Trinajstić information content (AvgIpc) is 2.65. The van der Waals surface area contributed by atoms with E-state index in [1.165, 1.54) is 6.42 Å². The summed E-state index contributed by atoms with van der Waals surface area (Å²) in [7, 11) is 0. The monoisotopic (exact) mass is 325 g/mol. The molecular formula is C20H23NO3. The van der Waals surface area contributed by atoms with Crippen molar-refractivity contribution in [3.63, 3.8) is 0 Å². The molecule has 0 radical (unpaired) electrons. The third kappa shape index (κ3) is 4.13. The molecule has 1 amide bonds.